The number of carbonyl (C=O) groups excluding carboxylic acids is 1. The monoisotopic (exact) mass is 396 g/mol. The Balaban J connectivity index is 1.47. The van der Waals surface area contributed by atoms with E-state index in [1.165, 1.54) is 23.3 Å². The molecule has 3 fully saturated rings. The minimum atomic E-state index is 0.00641. The maximum Gasteiger partial charge on any atom is 0.315 e. The Labute approximate surface area is 169 Å². The number of aliphatic hydroxyl groups is 2. The van der Waals surface area contributed by atoms with Crippen LogP contribution in [0.2, 0.25) is 0 Å². The van der Waals surface area contributed by atoms with Gasteiger partial charge < -0.3 is 25.2 Å². The molecular formula is C22H40N2O4+2. The second-order valence-electron chi connectivity index (χ2n) is 9.52. The fourth-order valence-electron chi connectivity index (χ4n) is 6.01. The van der Waals surface area contributed by atoms with Crippen molar-refractivity contribution in [1.29, 1.82) is 0 Å². The average molecular weight is 397 g/mol. The number of allylic oxidation sites excluding steroid dienone is 1. The Morgan fingerprint density at radius 2 is 2.04 bits per heavy atom. The van der Waals surface area contributed by atoms with Crippen molar-refractivity contribution < 1.29 is 30.0 Å². The Morgan fingerprint density at radius 3 is 2.75 bits per heavy atom. The number of esters is 1. The summed E-state index contributed by atoms with van der Waals surface area (Å²) in [7, 11) is 0. The van der Waals surface area contributed by atoms with Gasteiger partial charge in [0, 0.05) is 12.3 Å². The first kappa shape index (κ1) is 21.8. The number of aliphatic hydroxyl groups excluding tert-OH is 2. The molecule has 0 aromatic carbocycles. The van der Waals surface area contributed by atoms with Gasteiger partial charge in [0.15, 0.2) is 0 Å². The Morgan fingerprint density at radius 1 is 1.29 bits per heavy atom. The number of quaternary nitrogens is 2. The molecule has 2 aliphatic carbocycles. The number of fused-ring (bicyclic) bond motifs is 2. The molecule has 3 aliphatic rings. The van der Waals surface area contributed by atoms with Gasteiger partial charge in [-0.05, 0) is 43.4 Å². The number of nitrogens with two attached hydrogens (primary N) is 1. The lowest BCUT2D eigenvalue weighted by Crippen LogP contribution is -3.13. The van der Waals surface area contributed by atoms with Crippen LogP contribution < -0.4 is 10.2 Å². The zero-order valence-corrected chi connectivity index (χ0v) is 17.5. The third-order valence-corrected chi connectivity index (χ3v) is 7.61. The van der Waals surface area contributed by atoms with Gasteiger partial charge in [0.1, 0.15) is 25.1 Å². The number of hydrogen-bond acceptors (Lipinski definition) is 4. The average Bonchev–Trinajstić information content (AvgIpc) is 2.94. The van der Waals surface area contributed by atoms with Crippen molar-refractivity contribution in [3.63, 3.8) is 0 Å². The lowest BCUT2D eigenvalue weighted by atomic mass is 9.55. The summed E-state index contributed by atoms with van der Waals surface area (Å²) < 4.78 is 5.84. The van der Waals surface area contributed by atoms with E-state index in [0.717, 1.165) is 45.3 Å². The van der Waals surface area contributed by atoms with Crippen LogP contribution in [0.3, 0.4) is 0 Å². The van der Waals surface area contributed by atoms with Crippen LogP contribution in [0.25, 0.3) is 0 Å². The highest BCUT2D eigenvalue weighted by molar-refractivity contribution is 5.75. The summed E-state index contributed by atoms with van der Waals surface area (Å²) in [6, 6.07) is 0. The molecule has 0 radical (unpaired) electrons. The van der Waals surface area contributed by atoms with E-state index in [9.17, 15) is 4.79 Å². The first-order valence-electron chi connectivity index (χ1n) is 11.2. The molecule has 28 heavy (non-hydrogen) atoms. The second kappa shape index (κ2) is 9.70. The number of ether oxygens (including phenoxy) is 1. The van der Waals surface area contributed by atoms with Gasteiger partial charge >= 0.3 is 5.97 Å². The zero-order valence-electron chi connectivity index (χ0n) is 17.5. The van der Waals surface area contributed by atoms with Gasteiger partial charge in [-0.1, -0.05) is 19.1 Å². The predicted octanol–water partition coefficient (Wildman–Crippen LogP) is -0.876. The fourth-order valence-corrected chi connectivity index (χ4v) is 6.01. The molecular weight excluding hydrogens is 356 g/mol. The largest absolute Gasteiger partial charge is 0.462 e. The van der Waals surface area contributed by atoms with E-state index in [0.29, 0.717) is 24.9 Å². The molecule has 160 valence electrons. The summed E-state index contributed by atoms with van der Waals surface area (Å²) in [6.45, 7) is 11.1. The molecule has 1 aliphatic heterocycles. The van der Waals surface area contributed by atoms with Crippen LogP contribution in [0.4, 0.5) is 0 Å². The highest BCUT2D eigenvalue weighted by Crippen LogP contribution is 2.56. The molecule has 0 spiro atoms. The van der Waals surface area contributed by atoms with Gasteiger partial charge in [0.2, 0.25) is 0 Å². The van der Waals surface area contributed by atoms with Crippen molar-refractivity contribution in [3.8, 4) is 0 Å². The van der Waals surface area contributed by atoms with Gasteiger partial charge in [-0.2, -0.15) is 0 Å². The van der Waals surface area contributed by atoms with Gasteiger partial charge in [-0.25, -0.2) is 0 Å². The van der Waals surface area contributed by atoms with Crippen LogP contribution >= 0.6 is 0 Å². The summed E-state index contributed by atoms with van der Waals surface area (Å²) in [5.41, 5.74) is 1.66. The number of nitrogens with one attached hydrogen (secondary N) is 1. The van der Waals surface area contributed by atoms with E-state index >= 15 is 0 Å². The number of carbonyl (C=O) groups is 1. The highest BCUT2D eigenvalue weighted by Gasteiger charge is 2.55. The first-order chi connectivity index (χ1) is 13.5. The quantitative estimate of drug-likeness (QED) is 0.220. The van der Waals surface area contributed by atoms with Crippen LogP contribution in [0, 0.1) is 23.2 Å². The van der Waals surface area contributed by atoms with Crippen LogP contribution in [-0.2, 0) is 9.53 Å². The normalized spacial score (nSPS) is 35.0. The van der Waals surface area contributed by atoms with E-state index in [-0.39, 0.29) is 36.6 Å². The molecule has 0 unspecified atom stereocenters. The molecule has 6 heteroatoms. The van der Waals surface area contributed by atoms with Gasteiger partial charge in [-0.3, -0.25) is 4.79 Å². The molecule has 0 amide bonds. The van der Waals surface area contributed by atoms with E-state index in [4.69, 9.17) is 14.9 Å². The molecule has 0 bridgehead atoms. The number of rotatable bonds is 10. The third-order valence-electron chi connectivity index (χ3n) is 7.61. The molecule has 1 saturated heterocycles. The van der Waals surface area contributed by atoms with Gasteiger partial charge in [0.05, 0.1) is 32.8 Å². The lowest BCUT2D eigenvalue weighted by Gasteiger charge is -2.49. The van der Waals surface area contributed by atoms with Crippen LogP contribution in [-0.4, -0.2) is 68.2 Å². The van der Waals surface area contributed by atoms with Gasteiger partial charge in [0.25, 0.3) is 0 Å². The lowest BCUT2D eigenvalue weighted by molar-refractivity contribution is -0.902. The minimum absolute atomic E-state index is 0.00641. The summed E-state index contributed by atoms with van der Waals surface area (Å²) >= 11 is 0. The van der Waals surface area contributed by atoms with Crippen molar-refractivity contribution in [3.05, 3.63) is 12.2 Å². The molecule has 1 heterocycles. The van der Waals surface area contributed by atoms with Crippen molar-refractivity contribution in [1.82, 2.24) is 0 Å². The summed E-state index contributed by atoms with van der Waals surface area (Å²) in [5.74, 6) is 0.922. The predicted molar refractivity (Wildman–Crippen MR) is 107 cm³/mol. The molecule has 5 N–H and O–H groups in total. The Bertz CT molecular complexity index is 549. The first-order valence-corrected chi connectivity index (χ1v) is 11.2. The smallest absolute Gasteiger partial charge is 0.315 e. The van der Waals surface area contributed by atoms with E-state index in [1.807, 2.05) is 0 Å². The van der Waals surface area contributed by atoms with Crippen LogP contribution in [0.1, 0.15) is 45.4 Å². The standard InChI is InChI=1S/C22H38N2O4/c1-16-5-3-6-22(2)14-20-17(13-19(16)22)18(21(27)28-20)15-23-7-4-8-24(9-11-25)10-12-26/h17-20,23,25-26H,1,3-15H2,2H3/p+2/t17-,18-,19+,20-,22-/m1/s1. The molecule has 5 atom stereocenters. The summed E-state index contributed by atoms with van der Waals surface area (Å²) in [4.78, 5) is 13.8. The number of hydrogen-bond donors (Lipinski definition) is 4. The third kappa shape index (κ3) is 4.78. The summed E-state index contributed by atoms with van der Waals surface area (Å²) in [5, 5.41) is 20.5. The second-order valence-corrected chi connectivity index (χ2v) is 9.52. The molecule has 0 aromatic rings. The van der Waals surface area contributed by atoms with E-state index in [1.54, 1.807) is 0 Å². The van der Waals surface area contributed by atoms with Crippen molar-refractivity contribution in [2.45, 2.75) is 51.6 Å². The van der Waals surface area contributed by atoms with Crippen LogP contribution in [0.5, 0.6) is 0 Å². The molecule has 6 nitrogen and oxygen atoms in total. The topological polar surface area (TPSA) is 87.8 Å². The molecule has 3 rings (SSSR count). The maximum absolute atomic E-state index is 12.6. The van der Waals surface area contributed by atoms with E-state index < -0.39 is 0 Å². The highest BCUT2D eigenvalue weighted by atomic mass is 16.6. The Kier molecular flexibility index (Phi) is 7.54. The maximum atomic E-state index is 12.6. The van der Waals surface area contributed by atoms with Gasteiger partial charge in [-0.15, -0.1) is 0 Å². The fraction of sp³-hybridized carbons (Fsp3) is 0.864. The van der Waals surface area contributed by atoms with E-state index in [2.05, 4.69) is 18.8 Å². The zero-order chi connectivity index (χ0) is 20.1. The van der Waals surface area contributed by atoms with Crippen molar-refractivity contribution >= 4 is 5.97 Å². The van der Waals surface area contributed by atoms with Crippen molar-refractivity contribution in [2.24, 2.45) is 23.2 Å². The molecule has 0 aromatic heterocycles. The molecule has 2 saturated carbocycles. The SMILES string of the molecule is C=C1CCC[C@]2(C)C[C@H]3OC(=O)[C@H](C[NH2+]CCC[NH+](CCO)CCO)[C@H]3C[C@@H]12. The van der Waals surface area contributed by atoms with Crippen LogP contribution in [0.15, 0.2) is 12.2 Å². The summed E-state index contributed by atoms with van der Waals surface area (Å²) in [6.07, 6.45) is 6.78. The minimum Gasteiger partial charge on any atom is -0.462 e. The van der Waals surface area contributed by atoms with Crippen molar-refractivity contribution in [2.75, 3.05) is 45.9 Å². The Hall–Kier alpha value is -0.950.